The SMILES string of the molecule is COc1ccc(-c2nc(NC(=O)c3ccc(C(=O)O)s3)sc2C#N)cn1. The van der Waals surface area contributed by atoms with Crippen molar-refractivity contribution in [1.82, 2.24) is 9.97 Å². The normalized spacial score (nSPS) is 10.2. The third kappa shape index (κ3) is 3.53. The lowest BCUT2D eigenvalue weighted by molar-refractivity contribution is 0.0702. The number of hydrogen-bond acceptors (Lipinski definition) is 8. The van der Waals surface area contributed by atoms with E-state index in [9.17, 15) is 14.9 Å². The summed E-state index contributed by atoms with van der Waals surface area (Å²) in [4.78, 5) is 32.1. The Kier molecular flexibility index (Phi) is 4.92. The fourth-order valence-corrected chi connectivity index (χ4v) is 3.54. The van der Waals surface area contributed by atoms with Gasteiger partial charge in [-0.3, -0.25) is 10.1 Å². The molecule has 0 fully saturated rings. The minimum absolute atomic E-state index is 0.0667. The third-order valence-corrected chi connectivity index (χ3v) is 5.16. The number of nitriles is 1. The summed E-state index contributed by atoms with van der Waals surface area (Å²) in [5.74, 6) is -1.15. The van der Waals surface area contributed by atoms with Gasteiger partial charge in [0.1, 0.15) is 21.5 Å². The van der Waals surface area contributed by atoms with E-state index in [4.69, 9.17) is 9.84 Å². The molecule has 10 heteroatoms. The van der Waals surface area contributed by atoms with Gasteiger partial charge < -0.3 is 9.84 Å². The summed E-state index contributed by atoms with van der Waals surface area (Å²) in [7, 11) is 1.50. The highest BCUT2D eigenvalue weighted by Crippen LogP contribution is 2.31. The first-order chi connectivity index (χ1) is 12.5. The van der Waals surface area contributed by atoms with Gasteiger partial charge in [0.2, 0.25) is 5.88 Å². The van der Waals surface area contributed by atoms with Gasteiger partial charge in [0, 0.05) is 17.8 Å². The van der Waals surface area contributed by atoms with E-state index >= 15 is 0 Å². The Hall–Kier alpha value is -3.29. The van der Waals surface area contributed by atoms with Gasteiger partial charge >= 0.3 is 5.97 Å². The number of pyridine rings is 1. The van der Waals surface area contributed by atoms with Gasteiger partial charge in [0.15, 0.2) is 5.13 Å². The number of amides is 1. The maximum absolute atomic E-state index is 12.2. The first kappa shape index (κ1) is 17.5. The molecule has 8 nitrogen and oxygen atoms in total. The van der Waals surface area contributed by atoms with Crippen LogP contribution in [-0.2, 0) is 0 Å². The Bertz CT molecular complexity index is 1020. The van der Waals surface area contributed by atoms with Crippen LogP contribution in [0.25, 0.3) is 11.3 Å². The van der Waals surface area contributed by atoms with Crippen LogP contribution in [0.4, 0.5) is 5.13 Å². The van der Waals surface area contributed by atoms with E-state index < -0.39 is 11.9 Å². The molecule has 3 aromatic heterocycles. The number of carboxylic acid groups (broad SMARTS) is 1. The number of anilines is 1. The summed E-state index contributed by atoms with van der Waals surface area (Å²) in [5, 5.41) is 21.1. The van der Waals surface area contributed by atoms with Crippen LogP contribution in [-0.4, -0.2) is 34.1 Å². The van der Waals surface area contributed by atoms with Gasteiger partial charge in [-0.2, -0.15) is 5.26 Å². The van der Waals surface area contributed by atoms with Crippen molar-refractivity contribution in [3.63, 3.8) is 0 Å². The lowest BCUT2D eigenvalue weighted by atomic mass is 10.2. The van der Waals surface area contributed by atoms with Crippen molar-refractivity contribution in [3.05, 3.63) is 45.1 Å². The highest BCUT2D eigenvalue weighted by atomic mass is 32.1. The topological polar surface area (TPSA) is 125 Å². The molecule has 0 spiro atoms. The molecule has 0 saturated heterocycles. The number of methoxy groups -OCH3 is 1. The number of aromatic carboxylic acids is 1. The van der Waals surface area contributed by atoms with Crippen molar-refractivity contribution < 1.29 is 19.4 Å². The number of thiazole rings is 1. The Morgan fingerprint density at radius 3 is 2.58 bits per heavy atom. The summed E-state index contributed by atoms with van der Waals surface area (Å²) >= 11 is 1.89. The van der Waals surface area contributed by atoms with E-state index in [-0.39, 0.29) is 14.9 Å². The van der Waals surface area contributed by atoms with Crippen LogP contribution in [0.15, 0.2) is 30.5 Å². The van der Waals surface area contributed by atoms with Crippen LogP contribution in [0.3, 0.4) is 0 Å². The first-order valence-corrected chi connectivity index (χ1v) is 8.71. The average Bonchev–Trinajstić information content (AvgIpc) is 3.29. The van der Waals surface area contributed by atoms with E-state index in [2.05, 4.69) is 15.3 Å². The molecule has 0 radical (unpaired) electrons. The second-order valence-corrected chi connectivity index (χ2v) is 6.90. The molecule has 26 heavy (non-hydrogen) atoms. The van der Waals surface area contributed by atoms with Crippen LogP contribution in [0, 0.1) is 11.3 Å². The summed E-state index contributed by atoms with van der Waals surface area (Å²) in [5.41, 5.74) is 1.02. The molecule has 0 unspecified atom stereocenters. The molecule has 3 aromatic rings. The van der Waals surface area contributed by atoms with Crippen LogP contribution in [0.2, 0.25) is 0 Å². The summed E-state index contributed by atoms with van der Waals surface area (Å²) < 4.78 is 5.00. The second-order valence-electron chi connectivity index (χ2n) is 4.82. The van der Waals surface area contributed by atoms with Gasteiger partial charge in [-0.15, -0.1) is 11.3 Å². The van der Waals surface area contributed by atoms with Crippen LogP contribution in [0.5, 0.6) is 5.88 Å². The van der Waals surface area contributed by atoms with Crippen LogP contribution >= 0.6 is 22.7 Å². The maximum atomic E-state index is 12.2. The van der Waals surface area contributed by atoms with Crippen LogP contribution in [0.1, 0.15) is 24.2 Å². The summed E-state index contributed by atoms with van der Waals surface area (Å²) in [6.45, 7) is 0. The van der Waals surface area contributed by atoms with E-state index in [0.717, 1.165) is 22.7 Å². The Balaban J connectivity index is 1.84. The quantitative estimate of drug-likeness (QED) is 0.690. The fraction of sp³-hybridized carbons (Fsp3) is 0.0625. The molecule has 0 aliphatic carbocycles. The second kappa shape index (κ2) is 7.30. The van der Waals surface area contributed by atoms with E-state index in [1.807, 2.05) is 6.07 Å². The number of ether oxygens (including phenoxy) is 1. The number of carbonyl (C=O) groups is 2. The Morgan fingerprint density at radius 2 is 2.00 bits per heavy atom. The number of carboxylic acids is 1. The minimum Gasteiger partial charge on any atom is -0.481 e. The van der Waals surface area contributed by atoms with Crippen LogP contribution < -0.4 is 10.1 Å². The molecule has 0 aliphatic rings. The largest absolute Gasteiger partial charge is 0.481 e. The molecule has 2 N–H and O–H groups in total. The zero-order valence-electron chi connectivity index (χ0n) is 13.2. The molecule has 0 aromatic carbocycles. The Morgan fingerprint density at radius 1 is 1.23 bits per heavy atom. The molecule has 130 valence electrons. The van der Waals surface area contributed by atoms with Gasteiger partial charge in [0.05, 0.1) is 12.0 Å². The lowest BCUT2D eigenvalue weighted by Gasteiger charge is -2.00. The predicted molar refractivity (Wildman–Crippen MR) is 95.8 cm³/mol. The maximum Gasteiger partial charge on any atom is 0.345 e. The molecular formula is C16H10N4O4S2. The zero-order chi connectivity index (χ0) is 18.7. The van der Waals surface area contributed by atoms with E-state index in [1.54, 1.807) is 12.1 Å². The smallest absolute Gasteiger partial charge is 0.345 e. The molecule has 0 atom stereocenters. The number of rotatable bonds is 5. The molecule has 3 rings (SSSR count). The van der Waals surface area contributed by atoms with E-state index in [1.165, 1.54) is 25.4 Å². The Labute approximate surface area is 155 Å². The highest BCUT2D eigenvalue weighted by Gasteiger charge is 2.18. The molecule has 0 aliphatic heterocycles. The van der Waals surface area contributed by atoms with Gasteiger partial charge in [-0.1, -0.05) is 11.3 Å². The standard InChI is InChI=1S/C16H10N4O4S2/c1-24-12-5-2-8(7-18-12)13-11(6-17)26-16(19-13)20-14(21)9-3-4-10(25-9)15(22)23/h2-5,7H,1H3,(H,22,23)(H,19,20,21). The van der Waals surface area contributed by atoms with Crippen molar-refractivity contribution >= 4 is 39.7 Å². The first-order valence-electron chi connectivity index (χ1n) is 7.07. The number of hydrogen-bond donors (Lipinski definition) is 2. The predicted octanol–water partition coefficient (Wildman–Crippen LogP) is 3.10. The average molecular weight is 386 g/mol. The number of nitrogens with one attached hydrogen (secondary N) is 1. The van der Waals surface area contributed by atoms with Gasteiger partial charge in [-0.25, -0.2) is 14.8 Å². The van der Waals surface area contributed by atoms with Crippen molar-refractivity contribution in [3.8, 4) is 23.2 Å². The number of aromatic nitrogens is 2. The molecule has 1 amide bonds. The summed E-state index contributed by atoms with van der Waals surface area (Å²) in [6.07, 6.45) is 1.53. The molecule has 0 bridgehead atoms. The minimum atomic E-state index is -1.09. The molecule has 3 heterocycles. The van der Waals surface area contributed by atoms with Gasteiger partial charge in [-0.05, 0) is 18.2 Å². The van der Waals surface area contributed by atoms with E-state index in [0.29, 0.717) is 22.0 Å². The van der Waals surface area contributed by atoms with Crippen molar-refractivity contribution in [2.75, 3.05) is 12.4 Å². The fourth-order valence-electron chi connectivity index (χ4n) is 2.02. The van der Waals surface area contributed by atoms with Crippen molar-refractivity contribution in [1.29, 1.82) is 5.26 Å². The lowest BCUT2D eigenvalue weighted by Crippen LogP contribution is -2.09. The number of thiophene rings is 1. The highest BCUT2D eigenvalue weighted by molar-refractivity contribution is 7.17. The third-order valence-electron chi connectivity index (χ3n) is 3.21. The van der Waals surface area contributed by atoms with Crippen molar-refractivity contribution in [2.24, 2.45) is 0 Å². The van der Waals surface area contributed by atoms with Crippen molar-refractivity contribution in [2.45, 2.75) is 0 Å². The number of carbonyl (C=O) groups excluding carboxylic acids is 1. The molecule has 0 saturated carbocycles. The molecular weight excluding hydrogens is 376 g/mol. The summed E-state index contributed by atoms with van der Waals surface area (Å²) in [6, 6.07) is 8.19. The van der Waals surface area contributed by atoms with Gasteiger partial charge in [0.25, 0.3) is 5.91 Å². The number of nitrogens with zero attached hydrogens (tertiary/aromatic N) is 3. The monoisotopic (exact) mass is 386 g/mol. The zero-order valence-corrected chi connectivity index (χ0v) is 14.8.